The summed E-state index contributed by atoms with van der Waals surface area (Å²) in [6, 6.07) is 9.77. The maximum atomic E-state index is 10.4. The SMILES string of the molecule is O=[N+]([O-])c1ccc(COc2ccccc2CO)o1. The third kappa shape index (κ3) is 2.67. The first-order chi connectivity index (χ1) is 8.70. The van der Waals surface area contributed by atoms with Crippen LogP contribution in [0.15, 0.2) is 40.8 Å². The number of ether oxygens (including phenoxy) is 1. The fourth-order valence-electron chi connectivity index (χ4n) is 1.47. The van der Waals surface area contributed by atoms with Crippen molar-refractivity contribution in [3.63, 3.8) is 0 Å². The van der Waals surface area contributed by atoms with Crippen molar-refractivity contribution in [2.24, 2.45) is 0 Å². The summed E-state index contributed by atoms with van der Waals surface area (Å²) in [7, 11) is 0. The number of aliphatic hydroxyl groups excluding tert-OH is 1. The van der Waals surface area contributed by atoms with E-state index in [2.05, 4.69) is 0 Å². The molecule has 0 spiro atoms. The van der Waals surface area contributed by atoms with Gasteiger partial charge >= 0.3 is 5.88 Å². The predicted octanol–water partition coefficient (Wildman–Crippen LogP) is 2.26. The van der Waals surface area contributed by atoms with E-state index in [0.717, 1.165) is 0 Å². The van der Waals surface area contributed by atoms with Gasteiger partial charge < -0.3 is 14.3 Å². The smallest absolute Gasteiger partial charge is 0.433 e. The Bertz CT molecular complexity index is 549. The van der Waals surface area contributed by atoms with Gasteiger partial charge in [0.2, 0.25) is 0 Å². The van der Waals surface area contributed by atoms with Crippen molar-refractivity contribution in [2.45, 2.75) is 13.2 Å². The number of rotatable bonds is 5. The van der Waals surface area contributed by atoms with E-state index in [0.29, 0.717) is 17.1 Å². The third-order valence-corrected chi connectivity index (χ3v) is 2.34. The van der Waals surface area contributed by atoms with E-state index in [-0.39, 0.29) is 19.1 Å². The van der Waals surface area contributed by atoms with Crippen molar-refractivity contribution < 1.29 is 19.2 Å². The van der Waals surface area contributed by atoms with Gasteiger partial charge in [-0.2, -0.15) is 0 Å². The van der Waals surface area contributed by atoms with Gasteiger partial charge in [-0.15, -0.1) is 0 Å². The molecule has 0 aliphatic rings. The number of furan rings is 1. The van der Waals surface area contributed by atoms with Crippen LogP contribution in [0.25, 0.3) is 0 Å². The highest BCUT2D eigenvalue weighted by molar-refractivity contribution is 5.32. The Morgan fingerprint density at radius 1 is 1.28 bits per heavy atom. The van der Waals surface area contributed by atoms with Crippen LogP contribution in [0.5, 0.6) is 5.75 Å². The lowest BCUT2D eigenvalue weighted by Crippen LogP contribution is -1.97. The Labute approximate surface area is 103 Å². The van der Waals surface area contributed by atoms with Gasteiger partial charge in [0.1, 0.15) is 23.0 Å². The summed E-state index contributed by atoms with van der Waals surface area (Å²) in [5.74, 6) is 0.567. The molecular formula is C12H11NO5. The molecule has 0 aliphatic heterocycles. The van der Waals surface area contributed by atoms with Gasteiger partial charge in [0, 0.05) is 5.56 Å². The average molecular weight is 249 g/mol. The van der Waals surface area contributed by atoms with E-state index in [4.69, 9.17) is 14.3 Å². The Hall–Kier alpha value is -2.34. The van der Waals surface area contributed by atoms with Crippen LogP contribution in [0, 0.1) is 10.1 Å². The van der Waals surface area contributed by atoms with Gasteiger partial charge in [0.25, 0.3) is 0 Å². The minimum Gasteiger partial charge on any atom is -0.485 e. The minimum absolute atomic E-state index is 0.0743. The van der Waals surface area contributed by atoms with E-state index >= 15 is 0 Å². The Kier molecular flexibility index (Phi) is 3.59. The number of nitrogens with zero attached hydrogens (tertiary/aromatic N) is 1. The molecule has 1 aromatic heterocycles. The van der Waals surface area contributed by atoms with Crippen LogP contribution in [0.1, 0.15) is 11.3 Å². The average Bonchev–Trinajstić information content (AvgIpc) is 2.85. The largest absolute Gasteiger partial charge is 0.485 e. The molecule has 94 valence electrons. The van der Waals surface area contributed by atoms with Gasteiger partial charge in [0.15, 0.2) is 0 Å². The molecule has 0 amide bonds. The first-order valence-corrected chi connectivity index (χ1v) is 5.25. The lowest BCUT2D eigenvalue weighted by molar-refractivity contribution is -0.402. The van der Waals surface area contributed by atoms with Crippen LogP contribution in [0.2, 0.25) is 0 Å². The molecule has 6 nitrogen and oxygen atoms in total. The molecule has 2 aromatic rings. The van der Waals surface area contributed by atoms with Crippen LogP contribution in [-0.4, -0.2) is 10.0 Å². The van der Waals surface area contributed by atoms with E-state index in [1.54, 1.807) is 24.3 Å². The zero-order valence-electron chi connectivity index (χ0n) is 9.41. The van der Waals surface area contributed by atoms with Gasteiger partial charge in [-0.25, -0.2) is 0 Å². The molecule has 1 heterocycles. The molecule has 1 aromatic carbocycles. The Morgan fingerprint density at radius 2 is 2.06 bits per heavy atom. The van der Waals surface area contributed by atoms with Crippen LogP contribution < -0.4 is 4.74 Å². The molecule has 0 bridgehead atoms. The molecule has 0 aliphatic carbocycles. The fourth-order valence-corrected chi connectivity index (χ4v) is 1.47. The summed E-state index contributed by atoms with van der Waals surface area (Å²) < 4.78 is 10.4. The standard InChI is InChI=1S/C12H11NO5/c14-7-9-3-1-2-4-11(9)17-8-10-5-6-12(18-10)13(15)16/h1-6,14H,7-8H2. The first-order valence-electron chi connectivity index (χ1n) is 5.25. The van der Waals surface area contributed by atoms with Crippen molar-refractivity contribution in [2.75, 3.05) is 0 Å². The van der Waals surface area contributed by atoms with Crippen molar-refractivity contribution in [1.82, 2.24) is 0 Å². The molecule has 1 N–H and O–H groups in total. The van der Waals surface area contributed by atoms with Gasteiger partial charge in [-0.1, -0.05) is 18.2 Å². The van der Waals surface area contributed by atoms with E-state index in [9.17, 15) is 10.1 Å². The van der Waals surface area contributed by atoms with Gasteiger partial charge in [-0.05, 0) is 12.1 Å². The molecule has 0 radical (unpaired) electrons. The second-order valence-corrected chi connectivity index (χ2v) is 3.55. The predicted molar refractivity (Wildman–Crippen MR) is 62.1 cm³/mol. The van der Waals surface area contributed by atoms with E-state index < -0.39 is 4.92 Å². The summed E-state index contributed by atoms with van der Waals surface area (Å²) >= 11 is 0. The maximum absolute atomic E-state index is 10.4. The number of nitro groups is 1. The normalized spacial score (nSPS) is 10.3. The summed E-state index contributed by atoms with van der Waals surface area (Å²) in [4.78, 5) is 9.82. The molecule has 6 heteroatoms. The molecular weight excluding hydrogens is 238 g/mol. The van der Waals surface area contributed by atoms with Crippen molar-refractivity contribution in [3.05, 3.63) is 57.8 Å². The zero-order chi connectivity index (χ0) is 13.0. The number of aliphatic hydroxyl groups is 1. The quantitative estimate of drug-likeness (QED) is 0.648. The highest BCUT2D eigenvalue weighted by atomic mass is 16.6. The van der Waals surface area contributed by atoms with Gasteiger partial charge in [0.05, 0.1) is 12.7 Å². The molecule has 0 fully saturated rings. The minimum atomic E-state index is -0.606. The van der Waals surface area contributed by atoms with Crippen LogP contribution in [-0.2, 0) is 13.2 Å². The van der Waals surface area contributed by atoms with Crippen LogP contribution in [0.4, 0.5) is 5.88 Å². The van der Waals surface area contributed by atoms with Crippen molar-refractivity contribution in [1.29, 1.82) is 0 Å². The lowest BCUT2D eigenvalue weighted by atomic mass is 10.2. The third-order valence-electron chi connectivity index (χ3n) is 2.34. The second kappa shape index (κ2) is 5.33. The molecule has 0 saturated carbocycles. The number of hydrogen-bond donors (Lipinski definition) is 1. The number of hydrogen-bond acceptors (Lipinski definition) is 5. The maximum Gasteiger partial charge on any atom is 0.433 e. The highest BCUT2D eigenvalue weighted by Crippen LogP contribution is 2.21. The number of benzene rings is 1. The van der Waals surface area contributed by atoms with Crippen molar-refractivity contribution in [3.8, 4) is 5.75 Å². The lowest BCUT2D eigenvalue weighted by Gasteiger charge is -2.07. The summed E-state index contributed by atoms with van der Waals surface area (Å²) in [5, 5.41) is 19.5. The molecule has 0 unspecified atom stereocenters. The van der Waals surface area contributed by atoms with E-state index in [1.807, 2.05) is 0 Å². The van der Waals surface area contributed by atoms with Crippen LogP contribution >= 0.6 is 0 Å². The van der Waals surface area contributed by atoms with E-state index in [1.165, 1.54) is 12.1 Å². The zero-order valence-corrected chi connectivity index (χ0v) is 9.41. The summed E-state index contributed by atoms with van der Waals surface area (Å²) in [5.41, 5.74) is 0.651. The molecule has 18 heavy (non-hydrogen) atoms. The molecule has 0 saturated heterocycles. The second-order valence-electron chi connectivity index (χ2n) is 3.55. The highest BCUT2D eigenvalue weighted by Gasteiger charge is 2.12. The van der Waals surface area contributed by atoms with Gasteiger partial charge in [-0.3, -0.25) is 10.1 Å². The number of para-hydroxylation sites is 1. The Morgan fingerprint density at radius 3 is 2.72 bits per heavy atom. The Balaban J connectivity index is 2.04. The fraction of sp³-hybridized carbons (Fsp3) is 0.167. The molecule has 0 atom stereocenters. The molecule has 2 rings (SSSR count). The van der Waals surface area contributed by atoms with Crippen LogP contribution in [0.3, 0.4) is 0 Å². The monoisotopic (exact) mass is 249 g/mol. The topological polar surface area (TPSA) is 85.7 Å². The first kappa shape index (κ1) is 12.1. The summed E-state index contributed by atoms with van der Waals surface area (Å²) in [6.07, 6.45) is 0. The van der Waals surface area contributed by atoms with Crippen molar-refractivity contribution >= 4 is 5.88 Å². The summed E-state index contributed by atoms with van der Waals surface area (Å²) in [6.45, 7) is -0.0562.